The third-order valence-corrected chi connectivity index (χ3v) is 19.4. The van der Waals surface area contributed by atoms with E-state index in [1.807, 2.05) is 0 Å². The number of carbonyl (C=O) groups excluding carboxylic acids is 3. The molecule has 7 N–H and O–H groups in total. The van der Waals surface area contributed by atoms with Gasteiger partial charge in [-0.3, -0.25) is 33.7 Å². The van der Waals surface area contributed by atoms with Crippen LogP contribution in [0, 0.1) is 54.0 Å². The lowest BCUT2D eigenvalue weighted by Crippen LogP contribution is -2.50. The van der Waals surface area contributed by atoms with Gasteiger partial charge in [-0.2, -0.15) is 5.10 Å². The zero-order valence-corrected chi connectivity index (χ0v) is 52.2. The number of hydrogen-bond donors (Lipinski definition) is 7. The number of hydrogen-bond acceptors (Lipinski definition) is 19. The quantitative estimate of drug-likeness (QED) is 0.0299. The molecule has 10 atom stereocenters. The fourth-order valence-corrected chi connectivity index (χ4v) is 13.7. The Bertz CT molecular complexity index is 3950. The van der Waals surface area contributed by atoms with Crippen molar-refractivity contribution in [2.75, 3.05) is 50.6 Å². The van der Waals surface area contributed by atoms with E-state index in [1.165, 1.54) is 59.4 Å². The average molecular weight is 1260 g/mol. The number of amides is 1. The Morgan fingerprint density at radius 2 is 1.60 bits per heavy atom. The molecule has 5 aromatic rings. The Labute approximate surface area is 522 Å². The molecule has 1 saturated carbocycles. The molecule has 11 rings (SSSR count). The molecule has 2 saturated heterocycles. The van der Waals surface area contributed by atoms with E-state index in [0.717, 1.165) is 41.8 Å². The zero-order valence-electron chi connectivity index (χ0n) is 52.2. The molecule has 0 radical (unpaired) electrons. The molecule has 1 unspecified atom stereocenters. The molecule has 1 aliphatic carbocycles. The number of nitrogens with one attached hydrogen (secondary N) is 1. The fraction of sp³-hybridized carbons (Fsp3) is 0.470. The number of hydrazone groups is 1. The predicted molar refractivity (Wildman–Crippen MR) is 330 cm³/mol. The Morgan fingerprint density at radius 1 is 0.901 bits per heavy atom. The van der Waals surface area contributed by atoms with Gasteiger partial charge in [0.05, 0.1) is 64.1 Å². The van der Waals surface area contributed by atoms with E-state index in [1.54, 1.807) is 49.8 Å². The number of aliphatic hydroxyl groups is 2. The van der Waals surface area contributed by atoms with Crippen molar-refractivity contribution in [3.8, 4) is 28.7 Å². The molecule has 3 fully saturated rings. The van der Waals surface area contributed by atoms with Crippen LogP contribution >= 0.6 is 0 Å². The van der Waals surface area contributed by atoms with Crippen molar-refractivity contribution in [3.63, 3.8) is 0 Å². The van der Waals surface area contributed by atoms with Gasteiger partial charge < -0.3 is 59.8 Å². The first-order valence-electron chi connectivity index (χ1n) is 30.3. The summed E-state index contributed by atoms with van der Waals surface area (Å²) in [5.41, 5.74) is -3.26. The number of pyridine rings is 2. The second-order valence-electron chi connectivity index (χ2n) is 25.0. The first kappa shape index (κ1) is 65.4. The van der Waals surface area contributed by atoms with Crippen molar-refractivity contribution >= 4 is 63.2 Å². The topological polar surface area (TPSA) is 296 Å². The van der Waals surface area contributed by atoms with E-state index in [-0.39, 0.29) is 79.1 Å². The lowest BCUT2D eigenvalue weighted by Gasteiger charge is -2.42. The Balaban J connectivity index is 0.929. The third kappa shape index (κ3) is 12.0. The largest absolute Gasteiger partial charge is 0.507 e. The number of ketones is 1. The lowest BCUT2D eigenvalue weighted by molar-refractivity contribution is -0.160. The first-order valence-corrected chi connectivity index (χ1v) is 30.3. The lowest BCUT2D eigenvalue weighted by atomic mass is 9.78. The van der Waals surface area contributed by atoms with Gasteiger partial charge in [-0.1, -0.05) is 45.9 Å². The van der Waals surface area contributed by atoms with Crippen molar-refractivity contribution in [3.05, 3.63) is 117 Å². The minimum atomic E-state index is -2.14. The number of carboxylic acids is 1. The van der Waals surface area contributed by atoms with Crippen LogP contribution in [0.15, 0.2) is 76.5 Å². The van der Waals surface area contributed by atoms with Crippen LogP contribution in [0.25, 0.3) is 27.5 Å². The van der Waals surface area contributed by atoms with Crippen LogP contribution in [-0.2, 0) is 23.8 Å². The Morgan fingerprint density at radius 3 is 2.25 bits per heavy atom. The summed E-state index contributed by atoms with van der Waals surface area (Å²) >= 11 is 0. The summed E-state index contributed by atoms with van der Waals surface area (Å²) < 4.78 is 70.3. The molecule has 7 heterocycles. The standard InChI is InChI=1S/C66H76F3N7O15/c1-31-12-11-13-32(2)63(85)71-51-42(56(82)48-49(57(51)83)54(80)36(6)59-50(48)60(84)65(8,91-59)89-25-19-47(88-10)33(3)58(90-37(7)77)35(5)53(79)34(4)52(31)78)28-70-75-23-17-40(18-24-75)73(9)66(20-21-66)38-16-22-74(29-38)62-45(69)27-41-55(81)43(64(86)87)30-76(61(41)72-62)46-15-14-39(67)26-44(46)68/h11-15,19,25-28,30-31,33-35,38,40,47,52-53,58,78-80,82-83H,16-18,20-24,29H2,1-10H3,(H,71,85)(H,86,87)/b12-11+,25-19+,32-13-,70-28+/t31-,33+,34+,35+,38?,47-,52-,53+,58+,65-/m0/s1. The van der Waals surface area contributed by atoms with Gasteiger partial charge in [-0.15, -0.1) is 0 Å². The number of phenols is 3. The van der Waals surface area contributed by atoms with Crippen LogP contribution in [0.5, 0.6) is 23.0 Å². The highest BCUT2D eigenvalue weighted by Crippen LogP contribution is 2.56. The summed E-state index contributed by atoms with van der Waals surface area (Å²) in [6.45, 7) is 13.9. The van der Waals surface area contributed by atoms with Gasteiger partial charge in [0.2, 0.25) is 5.43 Å². The minimum absolute atomic E-state index is 0.00482. The molecule has 25 heteroatoms. The number of ether oxygens (including phenoxy) is 4. The molecule has 91 heavy (non-hydrogen) atoms. The highest BCUT2D eigenvalue weighted by atomic mass is 19.1. The monoisotopic (exact) mass is 1260 g/mol. The number of aliphatic hydroxyl groups excluding tert-OH is 2. The first-order chi connectivity index (χ1) is 43.0. The minimum Gasteiger partial charge on any atom is -0.507 e. The highest BCUT2D eigenvalue weighted by Gasteiger charge is 2.56. The van der Waals surface area contributed by atoms with Crippen molar-refractivity contribution in [2.24, 2.45) is 34.7 Å². The number of carbonyl (C=O) groups is 4. The van der Waals surface area contributed by atoms with E-state index in [2.05, 4.69) is 22.2 Å². The number of anilines is 2. The number of halogens is 3. The van der Waals surface area contributed by atoms with E-state index in [0.29, 0.717) is 51.5 Å². The number of aromatic hydroxyl groups is 3. The van der Waals surface area contributed by atoms with Crippen LogP contribution in [0.2, 0.25) is 0 Å². The summed E-state index contributed by atoms with van der Waals surface area (Å²) in [5.74, 6) is -13.7. The number of nitrogens with zero attached hydrogens (tertiary/aromatic N) is 6. The van der Waals surface area contributed by atoms with Gasteiger partial charge in [0.15, 0.2) is 23.0 Å². The van der Waals surface area contributed by atoms with Crippen molar-refractivity contribution in [2.45, 2.75) is 129 Å². The van der Waals surface area contributed by atoms with Crippen LogP contribution in [-0.4, -0.2) is 162 Å². The van der Waals surface area contributed by atoms with E-state index in [4.69, 9.17) is 24.0 Å². The summed E-state index contributed by atoms with van der Waals surface area (Å²) in [5, 5.41) is 77.9. The maximum Gasteiger partial charge on any atom is 0.341 e. The van der Waals surface area contributed by atoms with Gasteiger partial charge in [-0.05, 0) is 83.2 Å². The number of allylic oxidation sites excluding steroid dienone is 2. The summed E-state index contributed by atoms with van der Waals surface area (Å²) in [6, 6.07) is 3.61. The molecule has 2 aromatic heterocycles. The number of fused-ring (bicyclic) bond motifs is 15. The van der Waals surface area contributed by atoms with E-state index in [9.17, 15) is 59.0 Å². The Hall–Kier alpha value is -8.52. The van der Waals surface area contributed by atoms with E-state index >= 15 is 8.78 Å². The molecule has 6 aliphatic rings. The number of phenolic OH excluding ortho intramolecular Hbond substituents is 3. The second kappa shape index (κ2) is 25.3. The van der Waals surface area contributed by atoms with Crippen LogP contribution in [0.3, 0.4) is 0 Å². The molecule has 22 nitrogen and oxygen atoms in total. The molecule has 0 spiro atoms. The highest BCUT2D eigenvalue weighted by molar-refractivity contribution is 6.24. The number of Topliss-reactive ketones (excluding diaryl/α,β-unsaturated/α-hetero) is 1. The van der Waals surface area contributed by atoms with Gasteiger partial charge in [0.25, 0.3) is 11.7 Å². The number of carboxylic acid groups (broad SMARTS) is 1. The van der Waals surface area contributed by atoms with Crippen LogP contribution in [0.4, 0.5) is 24.7 Å². The number of piperidine rings is 1. The molecule has 5 aliphatic heterocycles. The van der Waals surface area contributed by atoms with Gasteiger partial charge in [-0.25, -0.2) is 22.9 Å². The normalized spacial score (nSPS) is 27.9. The molecule has 5 bridgehead atoms. The average Bonchev–Trinajstić information content (AvgIpc) is 1.75. The number of esters is 1. The third-order valence-electron chi connectivity index (χ3n) is 19.4. The smallest absolute Gasteiger partial charge is 0.341 e. The van der Waals surface area contributed by atoms with Crippen molar-refractivity contribution in [1.82, 2.24) is 19.5 Å². The van der Waals surface area contributed by atoms with Crippen LogP contribution < -0.4 is 20.4 Å². The summed E-state index contributed by atoms with van der Waals surface area (Å²) in [4.78, 5) is 75.6. The van der Waals surface area contributed by atoms with E-state index < -0.39 is 129 Å². The number of benzene rings is 3. The van der Waals surface area contributed by atoms with Crippen molar-refractivity contribution in [1.29, 1.82) is 0 Å². The number of aromatic carboxylic acids is 1. The number of rotatable bonds is 10. The zero-order chi connectivity index (χ0) is 66.0. The van der Waals surface area contributed by atoms with Gasteiger partial charge >= 0.3 is 17.7 Å². The molecule has 3 aromatic carbocycles. The number of aromatic nitrogens is 2. The molecular weight excluding hydrogens is 1190 g/mol. The SMILES string of the molecule is CO[C@H]1/C=C/O[C@@]2(C)Oc3c(C)c(O)c4c(O)c(c(/C=N/N5CCC(N(C)C6(C7CCN(c8nc9c(cc8F)c(=O)c(C(=O)O)cn9-c8ccc(F)cc8F)C7)CC6)CC5)c(O)c4c3C2=O)NC(=O)/C(C)=C\C=C\[C@H](C)[C@H](O)[C@@H](C)[C@@H](O)[C@@H](C)[C@H](OC(C)=O)[C@@H]1C. The maximum atomic E-state index is 16.2. The van der Waals surface area contributed by atoms with Crippen LogP contribution in [0.1, 0.15) is 112 Å². The Kier molecular flexibility index (Phi) is 18.2. The second-order valence-corrected chi connectivity index (χ2v) is 25.0. The maximum absolute atomic E-state index is 16.2. The predicted octanol–water partition coefficient (Wildman–Crippen LogP) is 8.36. The summed E-state index contributed by atoms with van der Waals surface area (Å²) in [6.07, 6.45) is 8.93. The van der Waals surface area contributed by atoms with Crippen molar-refractivity contribution < 1.29 is 81.9 Å². The summed E-state index contributed by atoms with van der Waals surface area (Å²) in [7, 11) is 3.47. The fourth-order valence-electron chi connectivity index (χ4n) is 13.7. The molecular formula is C66H76F3N7O15. The van der Waals surface area contributed by atoms with Gasteiger partial charge in [0.1, 0.15) is 40.6 Å². The molecule has 486 valence electrons. The molecule has 1 amide bonds. The number of methoxy groups -OCH3 is 1. The van der Waals surface area contributed by atoms with Gasteiger partial charge in [0, 0.05) is 111 Å².